The number of para-hydroxylation sites is 2. The molecule has 2 heterocycles. The maximum atomic E-state index is 12.4. The van der Waals surface area contributed by atoms with E-state index in [-0.39, 0.29) is 18.4 Å². The summed E-state index contributed by atoms with van der Waals surface area (Å²) in [6.45, 7) is 0.579. The van der Waals surface area contributed by atoms with E-state index in [4.69, 9.17) is 4.74 Å². The van der Waals surface area contributed by atoms with Gasteiger partial charge in [-0.15, -0.1) is 0 Å². The van der Waals surface area contributed by atoms with E-state index in [1.807, 2.05) is 18.2 Å². The number of carbonyl (C=O) groups excluding carboxylic acids is 2. The average Bonchev–Trinajstić information content (AvgIpc) is 2.46. The minimum Gasteiger partial charge on any atom is -0.488 e. The summed E-state index contributed by atoms with van der Waals surface area (Å²) in [5, 5.41) is 2.75. The summed E-state index contributed by atoms with van der Waals surface area (Å²) < 4.78 is 5.38. The third-order valence-electron chi connectivity index (χ3n) is 3.16. The van der Waals surface area contributed by atoms with E-state index in [2.05, 4.69) is 5.32 Å². The number of anilines is 2. The van der Waals surface area contributed by atoms with Gasteiger partial charge in [0.15, 0.2) is 5.76 Å². The van der Waals surface area contributed by atoms with Gasteiger partial charge in [-0.25, -0.2) is 0 Å². The lowest BCUT2D eigenvalue weighted by molar-refractivity contribution is -0.121. The second-order valence-corrected chi connectivity index (χ2v) is 4.52. The van der Waals surface area contributed by atoms with Crippen molar-refractivity contribution in [3.05, 3.63) is 36.1 Å². The fourth-order valence-electron chi connectivity index (χ4n) is 2.25. The molecule has 0 aromatic heterocycles. The Balaban J connectivity index is 1.94. The molecule has 0 radical (unpaired) electrons. The number of ether oxygens (including phenoxy) is 1. The lowest BCUT2D eigenvalue weighted by Gasteiger charge is -2.30. The number of carbonyl (C=O) groups is 2. The van der Waals surface area contributed by atoms with E-state index in [0.717, 1.165) is 12.8 Å². The highest BCUT2D eigenvalue weighted by molar-refractivity contribution is 6.14. The zero-order valence-corrected chi connectivity index (χ0v) is 10.4. The summed E-state index contributed by atoms with van der Waals surface area (Å²) in [6, 6.07) is 7.26. The van der Waals surface area contributed by atoms with Gasteiger partial charge in [0.2, 0.25) is 5.91 Å². The molecule has 2 aliphatic heterocycles. The van der Waals surface area contributed by atoms with Crippen LogP contribution in [0, 0.1) is 0 Å². The van der Waals surface area contributed by atoms with Gasteiger partial charge in [0, 0.05) is 0 Å². The zero-order valence-electron chi connectivity index (χ0n) is 10.4. The van der Waals surface area contributed by atoms with Gasteiger partial charge in [-0.3, -0.25) is 14.5 Å². The number of amides is 2. The van der Waals surface area contributed by atoms with Gasteiger partial charge in [-0.05, 0) is 31.1 Å². The predicted octanol–water partition coefficient (Wildman–Crippen LogP) is 1.67. The van der Waals surface area contributed by atoms with Gasteiger partial charge in [-0.1, -0.05) is 12.1 Å². The molecular weight excluding hydrogens is 244 g/mol. The Bertz CT molecular complexity index is 566. The molecule has 0 spiro atoms. The highest BCUT2D eigenvalue weighted by atomic mass is 16.5. The molecule has 0 atom stereocenters. The van der Waals surface area contributed by atoms with Gasteiger partial charge in [0.05, 0.1) is 18.0 Å². The summed E-state index contributed by atoms with van der Waals surface area (Å²) in [4.78, 5) is 25.5. The van der Waals surface area contributed by atoms with Crippen LogP contribution >= 0.6 is 0 Å². The quantitative estimate of drug-likeness (QED) is 0.833. The fraction of sp³-hybridized carbons (Fsp3) is 0.286. The van der Waals surface area contributed by atoms with Crippen molar-refractivity contribution in [1.82, 2.24) is 0 Å². The molecule has 1 aromatic rings. The van der Waals surface area contributed by atoms with E-state index in [1.165, 1.54) is 4.90 Å². The third kappa shape index (κ3) is 2.19. The molecular formula is C14H14N2O3. The number of benzene rings is 1. The normalized spacial score (nSPS) is 18.0. The molecule has 2 amide bonds. The summed E-state index contributed by atoms with van der Waals surface area (Å²) >= 11 is 0. The Labute approximate surface area is 110 Å². The van der Waals surface area contributed by atoms with E-state index < -0.39 is 0 Å². The molecule has 0 saturated heterocycles. The predicted molar refractivity (Wildman–Crippen MR) is 70.7 cm³/mol. The molecule has 1 N–H and O–H groups in total. The van der Waals surface area contributed by atoms with E-state index in [9.17, 15) is 9.59 Å². The molecule has 0 bridgehead atoms. The highest BCUT2D eigenvalue weighted by Crippen LogP contribution is 2.30. The van der Waals surface area contributed by atoms with Gasteiger partial charge in [-0.2, -0.15) is 0 Å². The van der Waals surface area contributed by atoms with Crippen molar-refractivity contribution in [3.63, 3.8) is 0 Å². The van der Waals surface area contributed by atoms with Crippen LogP contribution in [-0.4, -0.2) is 25.0 Å². The van der Waals surface area contributed by atoms with Crippen molar-refractivity contribution in [1.29, 1.82) is 0 Å². The molecule has 5 heteroatoms. The maximum Gasteiger partial charge on any atom is 0.293 e. The molecule has 0 saturated carbocycles. The van der Waals surface area contributed by atoms with Crippen LogP contribution in [0.25, 0.3) is 0 Å². The van der Waals surface area contributed by atoms with Crippen molar-refractivity contribution in [2.24, 2.45) is 0 Å². The first-order chi connectivity index (χ1) is 9.25. The number of nitrogens with zero attached hydrogens (tertiary/aromatic N) is 1. The van der Waals surface area contributed by atoms with E-state index >= 15 is 0 Å². The Morgan fingerprint density at radius 2 is 2.16 bits per heavy atom. The molecule has 98 valence electrons. The number of hydrogen-bond acceptors (Lipinski definition) is 3. The fourth-order valence-corrected chi connectivity index (χ4v) is 2.25. The number of rotatable bonds is 1. The van der Waals surface area contributed by atoms with Gasteiger partial charge < -0.3 is 10.1 Å². The second-order valence-electron chi connectivity index (χ2n) is 4.52. The maximum absolute atomic E-state index is 12.4. The standard InChI is InChI=1S/C14H14N2O3/c17-13-9-16(11-6-2-1-5-10(11)15-13)14(18)12-7-3-4-8-19-12/h1-2,5-7H,3-4,8-9H2,(H,15,17). The van der Waals surface area contributed by atoms with Crippen LogP contribution in [0.4, 0.5) is 11.4 Å². The van der Waals surface area contributed by atoms with Gasteiger partial charge >= 0.3 is 0 Å². The van der Waals surface area contributed by atoms with Crippen molar-refractivity contribution in [2.75, 3.05) is 23.4 Å². The van der Waals surface area contributed by atoms with Crippen LogP contribution in [0.15, 0.2) is 36.1 Å². The number of fused-ring (bicyclic) bond motifs is 1. The van der Waals surface area contributed by atoms with E-state index in [0.29, 0.717) is 23.7 Å². The first kappa shape index (κ1) is 11.8. The molecule has 5 nitrogen and oxygen atoms in total. The van der Waals surface area contributed by atoms with Crippen molar-refractivity contribution in [3.8, 4) is 0 Å². The number of nitrogens with one attached hydrogen (secondary N) is 1. The molecule has 0 fully saturated rings. The Kier molecular flexibility index (Phi) is 2.95. The largest absolute Gasteiger partial charge is 0.488 e. The molecule has 1 aromatic carbocycles. The average molecular weight is 258 g/mol. The summed E-state index contributed by atoms with van der Waals surface area (Å²) in [5.74, 6) is -0.0961. The van der Waals surface area contributed by atoms with Crippen molar-refractivity contribution < 1.29 is 14.3 Å². The van der Waals surface area contributed by atoms with Crippen LogP contribution in [0.1, 0.15) is 12.8 Å². The Morgan fingerprint density at radius 1 is 1.32 bits per heavy atom. The Morgan fingerprint density at radius 3 is 2.95 bits per heavy atom. The van der Waals surface area contributed by atoms with Crippen LogP contribution in [-0.2, 0) is 14.3 Å². The molecule has 2 aliphatic rings. The van der Waals surface area contributed by atoms with Gasteiger partial charge in [0.25, 0.3) is 5.91 Å². The summed E-state index contributed by atoms with van der Waals surface area (Å²) in [7, 11) is 0. The van der Waals surface area contributed by atoms with E-state index in [1.54, 1.807) is 12.1 Å². The highest BCUT2D eigenvalue weighted by Gasteiger charge is 2.29. The number of allylic oxidation sites excluding steroid dienone is 1. The van der Waals surface area contributed by atoms with Crippen LogP contribution < -0.4 is 10.2 Å². The molecule has 3 rings (SSSR count). The van der Waals surface area contributed by atoms with Crippen molar-refractivity contribution in [2.45, 2.75) is 12.8 Å². The van der Waals surface area contributed by atoms with Crippen LogP contribution in [0.5, 0.6) is 0 Å². The lowest BCUT2D eigenvalue weighted by Crippen LogP contribution is -2.43. The SMILES string of the molecule is O=C1CN(C(=O)C2=CCCCO2)c2ccccc2N1. The Hall–Kier alpha value is -2.30. The minimum atomic E-state index is -0.248. The van der Waals surface area contributed by atoms with Crippen LogP contribution in [0.3, 0.4) is 0 Å². The van der Waals surface area contributed by atoms with Crippen molar-refractivity contribution >= 4 is 23.2 Å². The molecule has 19 heavy (non-hydrogen) atoms. The minimum absolute atomic E-state index is 0.0244. The topological polar surface area (TPSA) is 58.6 Å². The van der Waals surface area contributed by atoms with Crippen LogP contribution in [0.2, 0.25) is 0 Å². The number of hydrogen-bond donors (Lipinski definition) is 1. The zero-order chi connectivity index (χ0) is 13.2. The molecule has 0 aliphatic carbocycles. The smallest absolute Gasteiger partial charge is 0.293 e. The lowest BCUT2D eigenvalue weighted by atomic mass is 10.1. The first-order valence-electron chi connectivity index (χ1n) is 6.29. The monoisotopic (exact) mass is 258 g/mol. The third-order valence-corrected chi connectivity index (χ3v) is 3.16. The summed E-state index contributed by atoms with van der Waals surface area (Å²) in [6.07, 6.45) is 3.55. The summed E-state index contributed by atoms with van der Waals surface area (Å²) in [5.41, 5.74) is 1.37. The van der Waals surface area contributed by atoms with Gasteiger partial charge in [0.1, 0.15) is 6.54 Å². The second kappa shape index (κ2) is 4.76. The first-order valence-corrected chi connectivity index (χ1v) is 6.29. The molecule has 0 unspecified atom stereocenters.